The van der Waals surface area contributed by atoms with Gasteiger partial charge in [0.1, 0.15) is 0 Å². The third-order valence-corrected chi connectivity index (χ3v) is 4.74. The van der Waals surface area contributed by atoms with Gasteiger partial charge in [-0.15, -0.1) is 0 Å². The second-order valence-corrected chi connectivity index (χ2v) is 6.13. The van der Waals surface area contributed by atoms with Gasteiger partial charge in [-0.3, -0.25) is 9.89 Å². The summed E-state index contributed by atoms with van der Waals surface area (Å²) in [7, 11) is 0. The van der Waals surface area contributed by atoms with E-state index in [-0.39, 0.29) is 0 Å². The molecule has 0 saturated carbocycles. The fraction of sp³-hybridized carbons (Fsp3) is 0.933. The van der Waals surface area contributed by atoms with Gasteiger partial charge in [-0.2, -0.15) is 0 Å². The molecule has 3 N–H and O–H groups in total. The molecule has 20 heavy (non-hydrogen) atoms. The number of likely N-dealkylation sites (tertiary alicyclic amines) is 1. The van der Waals surface area contributed by atoms with E-state index in [1.165, 1.54) is 19.4 Å². The van der Waals surface area contributed by atoms with Gasteiger partial charge in [-0.1, -0.05) is 13.8 Å². The summed E-state index contributed by atoms with van der Waals surface area (Å²) in [6, 6.07) is 0.621. The van der Waals surface area contributed by atoms with Gasteiger partial charge in [0.25, 0.3) is 0 Å². The minimum atomic E-state index is 0.589. The highest BCUT2D eigenvalue weighted by Crippen LogP contribution is 2.21. The summed E-state index contributed by atoms with van der Waals surface area (Å²) in [5.74, 6) is 1.81. The largest absolute Gasteiger partial charge is 0.381 e. The maximum atomic E-state index is 5.99. The van der Waals surface area contributed by atoms with Gasteiger partial charge < -0.3 is 15.8 Å². The van der Waals surface area contributed by atoms with Crippen molar-refractivity contribution < 1.29 is 4.74 Å². The average Bonchev–Trinajstić information content (AvgIpc) is 2.91. The Hall–Kier alpha value is -0.810. The van der Waals surface area contributed by atoms with E-state index in [2.05, 4.69) is 29.1 Å². The Morgan fingerprint density at radius 2 is 2.30 bits per heavy atom. The molecule has 3 atom stereocenters. The van der Waals surface area contributed by atoms with Crippen LogP contribution in [0.1, 0.15) is 33.1 Å². The predicted octanol–water partition coefficient (Wildman–Crippen LogP) is 1.05. The number of nitrogens with zero attached hydrogens (tertiary/aromatic N) is 2. The van der Waals surface area contributed by atoms with E-state index >= 15 is 0 Å². The molecule has 0 radical (unpaired) electrons. The fourth-order valence-corrected chi connectivity index (χ4v) is 3.23. The molecule has 3 unspecified atom stereocenters. The lowest BCUT2D eigenvalue weighted by Crippen LogP contribution is -2.43. The summed E-state index contributed by atoms with van der Waals surface area (Å²) in [6.07, 6.45) is 3.67. The van der Waals surface area contributed by atoms with E-state index in [1.54, 1.807) is 0 Å². The van der Waals surface area contributed by atoms with Gasteiger partial charge in [-0.05, 0) is 44.2 Å². The van der Waals surface area contributed by atoms with Crippen LogP contribution in [-0.2, 0) is 4.74 Å². The zero-order valence-corrected chi connectivity index (χ0v) is 13.0. The molecule has 116 valence electrons. The van der Waals surface area contributed by atoms with Crippen LogP contribution >= 0.6 is 0 Å². The molecule has 2 aliphatic heterocycles. The zero-order chi connectivity index (χ0) is 14.4. The standard InChI is InChI=1S/C15H30N4O/c1-3-19-7-4-5-14(19)10-18-15(16)17-9-13-6-8-20-11-12(13)2/h12-14H,3-11H2,1-2H3,(H3,16,17,18). The van der Waals surface area contributed by atoms with Gasteiger partial charge in [-0.25, -0.2) is 0 Å². The molecule has 0 bridgehead atoms. The number of nitrogens with one attached hydrogen (secondary N) is 1. The Labute approximate surface area is 122 Å². The lowest BCUT2D eigenvalue weighted by atomic mass is 9.90. The van der Waals surface area contributed by atoms with Gasteiger partial charge >= 0.3 is 0 Å². The first-order valence-corrected chi connectivity index (χ1v) is 8.06. The Balaban J connectivity index is 1.70. The number of nitrogens with two attached hydrogens (primary N) is 1. The van der Waals surface area contributed by atoms with Crippen molar-refractivity contribution in [3.05, 3.63) is 0 Å². The Bertz CT molecular complexity index is 321. The first kappa shape index (κ1) is 15.6. The molecule has 2 saturated heterocycles. The highest BCUT2D eigenvalue weighted by atomic mass is 16.5. The molecular formula is C15H30N4O. The lowest BCUT2D eigenvalue weighted by Gasteiger charge is -2.27. The van der Waals surface area contributed by atoms with Crippen molar-refractivity contribution in [2.75, 3.05) is 39.4 Å². The van der Waals surface area contributed by atoms with Gasteiger partial charge in [0.2, 0.25) is 0 Å². The smallest absolute Gasteiger partial charge is 0.188 e. The van der Waals surface area contributed by atoms with Crippen molar-refractivity contribution in [2.24, 2.45) is 22.6 Å². The van der Waals surface area contributed by atoms with Crippen LogP contribution in [0, 0.1) is 11.8 Å². The van der Waals surface area contributed by atoms with Crippen LogP contribution in [0.4, 0.5) is 0 Å². The lowest BCUT2D eigenvalue weighted by molar-refractivity contribution is 0.0273. The van der Waals surface area contributed by atoms with Crippen molar-refractivity contribution in [1.82, 2.24) is 10.2 Å². The predicted molar refractivity (Wildman–Crippen MR) is 82.9 cm³/mol. The number of hydrogen-bond donors (Lipinski definition) is 2. The number of likely N-dealkylation sites (N-methyl/N-ethyl adjacent to an activating group) is 1. The van der Waals surface area contributed by atoms with Crippen molar-refractivity contribution in [3.63, 3.8) is 0 Å². The monoisotopic (exact) mass is 282 g/mol. The molecule has 0 aromatic carbocycles. The minimum Gasteiger partial charge on any atom is -0.381 e. The molecule has 5 nitrogen and oxygen atoms in total. The topological polar surface area (TPSA) is 62.9 Å². The number of hydrogen-bond acceptors (Lipinski definition) is 3. The second kappa shape index (κ2) is 7.84. The Morgan fingerprint density at radius 3 is 3.05 bits per heavy atom. The van der Waals surface area contributed by atoms with E-state index in [1.807, 2.05) is 0 Å². The summed E-state index contributed by atoms with van der Waals surface area (Å²) >= 11 is 0. The van der Waals surface area contributed by atoms with Gasteiger partial charge in [0.05, 0.1) is 0 Å². The third kappa shape index (κ3) is 4.35. The van der Waals surface area contributed by atoms with Crippen LogP contribution in [0.25, 0.3) is 0 Å². The molecule has 0 spiro atoms. The molecular weight excluding hydrogens is 252 g/mol. The maximum Gasteiger partial charge on any atom is 0.188 e. The SMILES string of the molecule is CCN1CCCC1CNC(N)=NCC1CCOCC1C. The van der Waals surface area contributed by atoms with E-state index < -0.39 is 0 Å². The molecule has 2 fully saturated rings. The molecule has 2 heterocycles. The summed E-state index contributed by atoms with van der Waals surface area (Å²) in [5, 5.41) is 3.30. The van der Waals surface area contributed by atoms with Gasteiger partial charge in [0.15, 0.2) is 5.96 Å². The highest BCUT2D eigenvalue weighted by molar-refractivity contribution is 5.77. The van der Waals surface area contributed by atoms with E-state index in [9.17, 15) is 0 Å². The van der Waals surface area contributed by atoms with E-state index in [0.717, 1.165) is 39.3 Å². The number of aliphatic imine (C=N–C) groups is 1. The quantitative estimate of drug-likeness (QED) is 0.584. The molecule has 5 heteroatoms. The van der Waals surface area contributed by atoms with Crippen molar-refractivity contribution in [2.45, 2.75) is 39.2 Å². The van der Waals surface area contributed by atoms with Crippen LogP contribution in [0.5, 0.6) is 0 Å². The number of rotatable bonds is 5. The molecule has 0 aromatic heterocycles. The fourth-order valence-electron chi connectivity index (χ4n) is 3.23. The third-order valence-electron chi connectivity index (χ3n) is 4.74. The van der Waals surface area contributed by atoms with Gasteiger partial charge in [0, 0.05) is 32.3 Å². The van der Waals surface area contributed by atoms with Crippen LogP contribution in [0.2, 0.25) is 0 Å². The van der Waals surface area contributed by atoms with Crippen LogP contribution < -0.4 is 11.1 Å². The van der Waals surface area contributed by atoms with Crippen molar-refractivity contribution in [3.8, 4) is 0 Å². The molecule has 0 aromatic rings. The van der Waals surface area contributed by atoms with E-state index in [0.29, 0.717) is 23.8 Å². The second-order valence-electron chi connectivity index (χ2n) is 6.13. The molecule has 2 aliphatic rings. The minimum absolute atomic E-state index is 0.589. The zero-order valence-electron chi connectivity index (χ0n) is 13.0. The van der Waals surface area contributed by atoms with Crippen LogP contribution in [0.3, 0.4) is 0 Å². The Kier molecular flexibility index (Phi) is 6.10. The van der Waals surface area contributed by atoms with Crippen LogP contribution in [-0.4, -0.2) is 56.3 Å². The van der Waals surface area contributed by atoms with Crippen molar-refractivity contribution >= 4 is 5.96 Å². The average molecular weight is 282 g/mol. The highest BCUT2D eigenvalue weighted by Gasteiger charge is 2.23. The number of guanidine groups is 1. The van der Waals surface area contributed by atoms with Crippen LogP contribution in [0.15, 0.2) is 4.99 Å². The maximum absolute atomic E-state index is 5.99. The summed E-state index contributed by atoms with van der Waals surface area (Å²) in [5.41, 5.74) is 5.99. The van der Waals surface area contributed by atoms with Crippen molar-refractivity contribution in [1.29, 1.82) is 0 Å². The summed E-state index contributed by atoms with van der Waals surface area (Å²) < 4.78 is 5.46. The normalized spacial score (nSPS) is 32.5. The summed E-state index contributed by atoms with van der Waals surface area (Å²) in [6.45, 7) is 10.3. The molecule has 0 aliphatic carbocycles. The number of ether oxygens (including phenoxy) is 1. The van der Waals surface area contributed by atoms with E-state index in [4.69, 9.17) is 10.5 Å². The summed E-state index contributed by atoms with van der Waals surface area (Å²) in [4.78, 5) is 7.03. The molecule has 0 amide bonds. The first-order chi connectivity index (χ1) is 9.70. The Morgan fingerprint density at radius 1 is 1.45 bits per heavy atom. The molecule has 2 rings (SSSR count). The first-order valence-electron chi connectivity index (χ1n) is 8.06.